The standard InChI is InChI=1S/C19H16O4/c1-12(2)22-18(20)11-17-15-9-5-3-7-13(15)14-8-4-6-10-16(14)19(21)23-17/h3-12H,1-2H3/b17-11+. The maximum absolute atomic E-state index is 12.4. The number of rotatable bonds is 2. The lowest BCUT2D eigenvalue weighted by molar-refractivity contribution is -0.141. The third-order valence-electron chi connectivity index (χ3n) is 3.43. The van der Waals surface area contributed by atoms with Crippen molar-refractivity contribution < 1.29 is 19.1 Å². The second-order valence-corrected chi connectivity index (χ2v) is 5.47. The first kappa shape index (κ1) is 15.0. The molecule has 0 radical (unpaired) electrons. The van der Waals surface area contributed by atoms with Gasteiger partial charge >= 0.3 is 11.9 Å². The van der Waals surface area contributed by atoms with E-state index in [0.717, 1.165) is 11.1 Å². The van der Waals surface area contributed by atoms with Crippen LogP contribution in [0.3, 0.4) is 0 Å². The highest BCUT2D eigenvalue weighted by atomic mass is 16.6. The number of cyclic esters (lactones) is 1. The fourth-order valence-corrected chi connectivity index (χ4v) is 2.52. The number of benzene rings is 2. The van der Waals surface area contributed by atoms with Crippen molar-refractivity contribution in [1.29, 1.82) is 0 Å². The van der Waals surface area contributed by atoms with E-state index in [9.17, 15) is 9.59 Å². The summed E-state index contributed by atoms with van der Waals surface area (Å²) >= 11 is 0. The van der Waals surface area contributed by atoms with Gasteiger partial charge in [0.25, 0.3) is 0 Å². The van der Waals surface area contributed by atoms with Gasteiger partial charge in [0, 0.05) is 5.56 Å². The van der Waals surface area contributed by atoms with Crippen LogP contribution < -0.4 is 0 Å². The maximum Gasteiger partial charge on any atom is 0.344 e. The molecule has 1 aliphatic heterocycles. The normalized spacial score (nSPS) is 14.7. The molecule has 0 aromatic heterocycles. The van der Waals surface area contributed by atoms with Crippen molar-refractivity contribution in [1.82, 2.24) is 0 Å². The number of hydrogen-bond acceptors (Lipinski definition) is 4. The Kier molecular flexibility index (Phi) is 3.98. The van der Waals surface area contributed by atoms with Gasteiger partial charge in [-0.2, -0.15) is 0 Å². The third-order valence-corrected chi connectivity index (χ3v) is 3.43. The molecule has 1 aliphatic rings. The van der Waals surface area contributed by atoms with E-state index in [-0.39, 0.29) is 11.9 Å². The summed E-state index contributed by atoms with van der Waals surface area (Å²) in [5, 5.41) is 0. The fourth-order valence-electron chi connectivity index (χ4n) is 2.52. The van der Waals surface area contributed by atoms with E-state index in [2.05, 4.69) is 0 Å². The molecule has 0 spiro atoms. The molecule has 0 fully saturated rings. The van der Waals surface area contributed by atoms with Gasteiger partial charge in [0.15, 0.2) is 0 Å². The summed E-state index contributed by atoms with van der Waals surface area (Å²) in [5.74, 6) is -0.823. The zero-order chi connectivity index (χ0) is 16.4. The van der Waals surface area contributed by atoms with Crippen LogP contribution >= 0.6 is 0 Å². The zero-order valence-electron chi connectivity index (χ0n) is 12.9. The minimum absolute atomic E-state index is 0.201. The number of hydrogen-bond donors (Lipinski definition) is 0. The van der Waals surface area contributed by atoms with E-state index in [1.807, 2.05) is 36.4 Å². The fraction of sp³-hybridized carbons (Fsp3) is 0.158. The number of fused-ring (bicyclic) bond motifs is 3. The van der Waals surface area contributed by atoms with Crippen LogP contribution in [0.15, 0.2) is 54.6 Å². The summed E-state index contributed by atoms with van der Waals surface area (Å²) in [5.41, 5.74) is 2.79. The first-order valence-corrected chi connectivity index (χ1v) is 7.39. The van der Waals surface area contributed by atoms with Crippen molar-refractivity contribution in [2.24, 2.45) is 0 Å². The quantitative estimate of drug-likeness (QED) is 0.625. The minimum Gasteiger partial charge on any atom is -0.460 e. The lowest BCUT2D eigenvalue weighted by Crippen LogP contribution is -2.10. The molecule has 0 saturated carbocycles. The SMILES string of the molecule is CC(C)OC(=O)/C=C1/OC(=O)c2ccccc2-c2ccccc21. The van der Waals surface area contributed by atoms with Crippen molar-refractivity contribution in [3.05, 3.63) is 65.7 Å². The monoisotopic (exact) mass is 308 g/mol. The molecule has 0 amide bonds. The molecule has 3 rings (SSSR count). The molecule has 0 saturated heterocycles. The van der Waals surface area contributed by atoms with Crippen LogP contribution in [0.5, 0.6) is 0 Å². The lowest BCUT2D eigenvalue weighted by atomic mass is 9.95. The predicted molar refractivity (Wildman–Crippen MR) is 86.5 cm³/mol. The van der Waals surface area contributed by atoms with E-state index in [0.29, 0.717) is 11.1 Å². The van der Waals surface area contributed by atoms with Crippen LogP contribution in [0.1, 0.15) is 29.8 Å². The van der Waals surface area contributed by atoms with Gasteiger partial charge in [-0.15, -0.1) is 0 Å². The van der Waals surface area contributed by atoms with Crippen molar-refractivity contribution in [2.75, 3.05) is 0 Å². The Hall–Kier alpha value is -2.88. The van der Waals surface area contributed by atoms with Crippen LogP contribution in [-0.4, -0.2) is 18.0 Å². The molecule has 4 heteroatoms. The average molecular weight is 308 g/mol. The molecule has 23 heavy (non-hydrogen) atoms. The second kappa shape index (κ2) is 6.08. The Morgan fingerprint density at radius 1 is 0.957 bits per heavy atom. The van der Waals surface area contributed by atoms with E-state index in [1.165, 1.54) is 6.08 Å². The number of carbonyl (C=O) groups excluding carboxylic acids is 2. The van der Waals surface area contributed by atoms with E-state index in [1.54, 1.807) is 26.0 Å². The summed E-state index contributed by atoms with van der Waals surface area (Å²) in [6.45, 7) is 3.53. The molecule has 0 unspecified atom stereocenters. The van der Waals surface area contributed by atoms with Gasteiger partial charge in [-0.25, -0.2) is 9.59 Å². The van der Waals surface area contributed by atoms with Crippen LogP contribution in [0.25, 0.3) is 16.9 Å². The highest BCUT2D eigenvalue weighted by Crippen LogP contribution is 2.36. The van der Waals surface area contributed by atoms with Crippen LogP contribution in [0.2, 0.25) is 0 Å². The van der Waals surface area contributed by atoms with Crippen molar-refractivity contribution in [3.63, 3.8) is 0 Å². The van der Waals surface area contributed by atoms with Crippen LogP contribution in [-0.2, 0) is 14.3 Å². The van der Waals surface area contributed by atoms with Gasteiger partial charge in [-0.1, -0.05) is 42.5 Å². The molecule has 0 N–H and O–H groups in total. The Morgan fingerprint density at radius 3 is 2.09 bits per heavy atom. The molecule has 116 valence electrons. The Balaban J connectivity index is 2.14. The smallest absolute Gasteiger partial charge is 0.344 e. The number of carbonyl (C=O) groups is 2. The molecule has 1 heterocycles. The number of ether oxygens (including phenoxy) is 2. The summed E-state index contributed by atoms with van der Waals surface area (Å²) in [4.78, 5) is 24.3. The topological polar surface area (TPSA) is 52.6 Å². The highest BCUT2D eigenvalue weighted by Gasteiger charge is 2.25. The van der Waals surface area contributed by atoms with Gasteiger partial charge < -0.3 is 9.47 Å². The lowest BCUT2D eigenvalue weighted by Gasteiger charge is -2.09. The van der Waals surface area contributed by atoms with Crippen molar-refractivity contribution in [3.8, 4) is 11.1 Å². The maximum atomic E-state index is 12.4. The molecule has 2 aromatic rings. The van der Waals surface area contributed by atoms with Gasteiger partial charge in [-0.3, -0.25) is 0 Å². The molecule has 0 bridgehead atoms. The summed E-state index contributed by atoms with van der Waals surface area (Å²) in [6.07, 6.45) is 0.982. The molecule has 0 atom stereocenters. The van der Waals surface area contributed by atoms with Crippen molar-refractivity contribution >= 4 is 17.7 Å². The third kappa shape index (κ3) is 3.01. The summed E-state index contributed by atoms with van der Waals surface area (Å²) in [6, 6.07) is 14.7. The number of esters is 2. The van der Waals surface area contributed by atoms with Crippen molar-refractivity contribution in [2.45, 2.75) is 20.0 Å². The first-order valence-electron chi connectivity index (χ1n) is 7.39. The molecule has 2 aromatic carbocycles. The Bertz CT molecular complexity index is 803. The molecular formula is C19H16O4. The van der Waals surface area contributed by atoms with E-state index >= 15 is 0 Å². The van der Waals surface area contributed by atoms with Gasteiger partial charge in [-0.05, 0) is 31.0 Å². The molecular weight excluding hydrogens is 292 g/mol. The first-order chi connectivity index (χ1) is 11.1. The summed E-state index contributed by atoms with van der Waals surface area (Å²) < 4.78 is 10.6. The Labute approximate surface area is 134 Å². The zero-order valence-corrected chi connectivity index (χ0v) is 12.9. The Morgan fingerprint density at radius 2 is 1.48 bits per heavy atom. The van der Waals surface area contributed by atoms with E-state index in [4.69, 9.17) is 9.47 Å². The molecule has 0 aliphatic carbocycles. The van der Waals surface area contributed by atoms with E-state index < -0.39 is 11.9 Å². The summed E-state index contributed by atoms with van der Waals surface area (Å²) in [7, 11) is 0. The van der Waals surface area contributed by atoms with Crippen LogP contribution in [0, 0.1) is 0 Å². The minimum atomic E-state index is -0.538. The second-order valence-electron chi connectivity index (χ2n) is 5.47. The van der Waals surface area contributed by atoms with Gasteiger partial charge in [0.05, 0.1) is 17.7 Å². The largest absolute Gasteiger partial charge is 0.460 e. The molecule has 4 nitrogen and oxygen atoms in total. The highest BCUT2D eigenvalue weighted by molar-refractivity contribution is 6.05. The predicted octanol–water partition coefficient (Wildman–Crippen LogP) is 3.82. The van der Waals surface area contributed by atoms with Crippen LogP contribution in [0.4, 0.5) is 0 Å². The van der Waals surface area contributed by atoms with Gasteiger partial charge in [0.2, 0.25) is 0 Å². The van der Waals surface area contributed by atoms with Gasteiger partial charge in [0.1, 0.15) is 5.76 Å². The average Bonchev–Trinajstić information content (AvgIpc) is 2.64.